The zero-order valence-corrected chi connectivity index (χ0v) is 12.4. The number of aryl methyl sites for hydroxylation is 1. The summed E-state index contributed by atoms with van der Waals surface area (Å²) in [7, 11) is 0. The second kappa shape index (κ2) is 5.36. The Morgan fingerprint density at radius 2 is 2.15 bits per heavy atom. The number of aromatic nitrogens is 4. The summed E-state index contributed by atoms with van der Waals surface area (Å²) in [5, 5.41) is 12.1. The molecule has 2 aromatic heterocycles. The van der Waals surface area contributed by atoms with Gasteiger partial charge in [-0.1, -0.05) is 13.8 Å². The van der Waals surface area contributed by atoms with Crippen LogP contribution in [0, 0.1) is 6.92 Å². The highest BCUT2D eigenvalue weighted by Crippen LogP contribution is 2.23. The second-order valence-electron chi connectivity index (χ2n) is 5.42. The van der Waals surface area contributed by atoms with Crippen LogP contribution in [-0.2, 0) is 0 Å². The first kappa shape index (κ1) is 13.3. The van der Waals surface area contributed by atoms with Crippen molar-refractivity contribution in [2.45, 2.75) is 45.7 Å². The first-order chi connectivity index (χ1) is 9.74. The van der Waals surface area contributed by atoms with Crippen molar-refractivity contribution >= 4 is 11.5 Å². The zero-order chi connectivity index (χ0) is 14.1. The summed E-state index contributed by atoms with van der Waals surface area (Å²) in [6.07, 6.45) is 5.99. The Morgan fingerprint density at radius 1 is 1.30 bits per heavy atom. The van der Waals surface area contributed by atoms with Gasteiger partial charge in [-0.2, -0.15) is 0 Å². The molecule has 20 heavy (non-hydrogen) atoms. The maximum Gasteiger partial charge on any atom is 0.203 e. The monoisotopic (exact) mass is 274 g/mol. The topological polar surface area (TPSA) is 58.4 Å². The van der Waals surface area contributed by atoms with Crippen LogP contribution in [0.25, 0.3) is 5.65 Å². The van der Waals surface area contributed by atoms with E-state index in [9.17, 15) is 0 Å². The number of piperazine rings is 1. The normalized spacial score (nSPS) is 23.4. The molecule has 6 nitrogen and oxygen atoms in total. The quantitative estimate of drug-likeness (QED) is 0.917. The zero-order valence-electron chi connectivity index (χ0n) is 12.4. The van der Waals surface area contributed by atoms with Gasteiger partial charge in [0.25, 0.3) is 0 Å². The molecule has 0 bridgehead atoms. The average molecular weight is 274 g/mol. The molecule has 2 atom stereocenters. The molecule has 2 aromatic rings. The molecule has 1 aliphatic heterocycles. The van der Waals surface area contributed by atoms with Crippen LogP contribution in [0.1, 0.15) is 32.5 Å². The van der Waals surface area contributed by atoms with Crippen molar-refractivity contribution < 1.29 is 0 Å². The highest BCUT2D eigenvalue weighted by atomic mass is 15.3. The first-order valence-corrected chi connectivity index (χ1v) is 7.41. The van der Waals surface area contributed by atoms with Gasteiger partial charge in [-0.05, 0) is 19.8 Å². The molecule has 6 heteroatoms. The number of fused-ring (bicyclic) bond motifs is 1. The number of anilines is 1. The highest BCUT2D eigenvalue weighted by molar-refractivity contribution is 5.64. The lowest BCUT2D eigenvalue weighted by Crippen LogP contribution is -2.56. The van der Waals surface area contributed by atoms with E-state index in [0.29, 0.717) is 12.1 Å². The van der Waals surface area contributed by atoms with Crippen molar-refractivity contribution in [3.8, 4) is 0 Å². The van der Waals surface area contributed by atoms with Crippen LogP contribution in [0.4, 0.5) is 5.82 Å². The number of nitrogens with zero attached hydrogens (tertiary/aromatic N) is 5. The molecule has 0 aliphatic carbocycles. The summed E-state index contributed by atoms with van der Waals surface area (Å²) >= 11 is 0. The van der Waals surface area contributed by atoms with Crippen LogP contribution in [0.15, 0.2) is 12.4 Å². The average Bonchev–Trinajstić information content (AvgIpc) is 2.88. The van der Waals surface area contributed by atoms with Gasteiger partial charge >= 0.3 is 0 Å². The Kier molecular flexibility index (Phi) is 3.56. The van der Waals surface area contributed by atoms with E-state index in [-0.39, 0.29) is 0 Å². The van der Waals surface area contributed by atoms with Gasteiger partial charge in [-0.15, -0.1) is 10.2 Å². The predicted octanol–water partition coefficient (Wildman–Crippen LogP) is 1.40. The third kappa shape index (κ3) is 2.14. The molecular weight excluding hydrogens is 252 g/mol. The first-order valence-electron chi connectivity index (χ1n) is 7.41. The van der Waals surface area contributed by atoms with Gasteiger partial charge in [0, 0.05) is 37.6 Å². The fraction of sp³-hybridized carbons (Fsp3) is 0.643. The van der Waals surface area contributed by atoms with Crippen molar-refractivity contribution in [1.29, 1.82) is 0 Å². The van der Waals surface area contributed by atoms with E-state index in [4.69, 9.17) is 0 Å². The molecule has 1 fully saturated rings. The molecular formula is C14H22N6. The van der Waals surface area contributed by atoms with Gasteiger partial charge in [0.2, 0.25) is 5.65 Å². The van der Waals surface area contributed by atoms with Gasteiger partial charge < -0.3 is 10.2 Å². The van der Waals surface area contributed by atoms with E-state index >= 15 is 0 Å². The Balaban J connectivity index is 2.02. The minimum atomic E-state index is 0.466. The van der Waals surface area contributed by atoms with E-state index in [2.05, 4.69) is 39.2 Å². The van der Waals surface area contributed by atoms with Crippen LogP contribution >= 0.6 is 0 Å². The third-order valence-corrected chi connectivity index (χ3v) is 4.21. The van der Waals surface area contributed by atoms with E-state index in [1.807, 2.05) is 23.7 Å². The van der Waals surface area contributed by atoms with Crippen LogP contribution in [0.3, 0.4) is 0 Å². The highest BCUT2D eigenvalue weighted by Gasteiger charge is 2.28. The summed E-state index contributed by atoms with van der Waals surface area (Å²) < 4.78 is 2.01. The fourth-order valence-electron chi connectivity index (χ4n) is 2.89. The van der Waals surface area contributed by atoms with Gasteiger partial charge in [0.1, 0.15) is 5.82 Å². The number of rotatable bonds is 3. The molecule has 1 aliphatic rings. The summed E-state index contributed by atoms with van der Waals surface area (Å²) in [6.45, 7) is 8.39. The molecule has 2 unspecified atom stereocenters. The minimum absolute atomic E-state index is 0.466. The molecule has 0 amide bonds. The van der Waals surface area contributed by atoms with Gasteiger partial charge in [0.15, 0.2) is 5.82 Å². The summed E-state index contributed by atoms with van der Waals surface area (Å²) in [6, 6.07) is 0.984. The third-order valence-electron chi connectivity index (χ3n) is 4.21. The lowest BCUT2D eigenvalue weighted by molar-refractivity contribution is 0.377. The molecule has 0 saturated carbocycles. The van der Waals surface area contributed by atoms with Gasteiger partial charge in [-0.3, -0.25) is 4.40 Å². The second-order valence-corrected chi connectivity index (χ2v) is 5.42. The Labute approximate surface area is 119 Å². The van der Waals surface area contributed by atoms with E-state index in [1.54, 1.807) is 0 Å². The van der Waals surface area contributed by atoms with Crippen molar-refractivity contribution in [1.82, 2.24) is 24.9 Å². The van der Waals surface area contributed by atoms with Crippen molar-refractivity contribution in [3.05, 3.63) is 18.2 Å². The summed E-state index contributed by atoms with van der Waals surface area (Å²) in [5.74, 6) is 1.86. The van der Waals surface area contributed by atoms with Crippen molar-refractivity contribution in [2.24, 2.45) is 0 Å². The summed E-state index contributed by atoms with van der Waals surface area (Å²) in [4.78, 5) is 6.98. The molecule has 3 rings (SSSR count). The molecule has 0 aromatic carbocycles. The van der Waals surface area contributed by atoms with Crippen molar-refractivity contribution in [3.63, 3.8) is 0 Å². The Hall–Kier alpha value is -1.69. The maximum absolute atomic E-state index is 4.59. The van der Waals surface area contributed by atoms with E-state index in [1.165, 1.54) is 0 Å². The Bertz CT molecular complexity index is 592. The number of nitrogens with one attached hydrogen (secondary N) is 1. The van der Waals surface area contributed by atoms with Crippen LogP contribution in [-0.4, -0.2) is 44.8 Å². The number of hydrogen-bond donors (Lipinski definition) is 1. The minimum Gasteiger partial charge on any atom is -0.348 e. The van der Waals surface area contributed by atoms with Gasteiger partial charge in [0.05, 0.1) is 0 Å². The lowest BCUT2D eigenvalue weighted by Gasteiger charge is -2.40. The molecule has 108 valence electrons. The predicted molar refractivity (Wildman–Crippen MR) is 79.0 cm³/mol. The number of hydrogen-bond acceptors (Lipinski definition) is 5. The molecule has 0 spiro atoms. The lowest BCUT2D eigenvalue weighted by atomic mass is 10.1. The Morgan fingerprint density at radius 3 is 2.90 bits per heavy atom. The molecule has 1 saturated heterocycles. The van der Waals surface area contributed by atoms with E-state index in [0.717, 1.165) is 43.2 Å². The summed E-state index contributed by atoms with van der Waals surface area (Å²) in [5.41, 5.74) is 0.861. The van der Waals surface area contributed by atoms with Crippen molar-refractivity contribution in [2.75, 3.05) is 18.0 Å². The van der Waals surface area contributed by atoms with Crippen LogP contribution in [0.5, 0.6) is 0 Å². The molecule has 1 N–H and O–H groups in total. The van der Waals surface area contributed by atoms with Gasteiger partial charge in [-0.25, -0.2) is 4.98 Å². The molecule has 0 radical (unpaired) electrons. The fourth-order valence-corrected chi connectivity index (χ4v) is 2.89. The smallest absolute Gasteiger partial charge is 0.203 e. The standard InChI is InChI=1S/C14H22N6/c1-4-11-9-20(12(5-2)8-16-11)13-14-18-17-10(3)19(14)7-6-15-13/h6-7,11-12,16H,4-5,8-9H2,1-3H3. The van der Waals surface area contributed by atoms with Crippen LogP contribution in [0.2, 0.25) is 0 Å². The maximum atomic E-state index is 4.59. The largest absolute Gasteiger partial charge is 0.348 e. The van der Waals surface area contributed by atoms with E-state index < -0.39 is 0 Å². The SMILES string of the molecule is CCC1CN(c2nccn3c(C)nnc23)C(CC)CN1. The van der Waals surface area contributed by atoms with Crippen LogP contribution < -0.4 is 10.2 Å². The molecule has 3 heterocycles.